The molecule has 2 atom stereocenters. The standard InChI is InChI=1S/C13H24OSi/c1-10(2)13(14)12(11-6-7-11)8-9-15(3,4)5/h10-14H,6-7H2,1-5H3/t12-,13-/m0/s1. The van der Waals surface area contributed by atoms with Gasteiger partial charge in [-0.15, -0.1) is 11.5 Å². The molecule has 0 aromatic carbocycles. The smallest absolute Gasteiger partial charge is 0.129 e. The summed E-state index contributed by atoms with van der Waals surface area (Å²) in [5.74, 6) is 4.60. The van der Waals surface area contributed by atoms with E-state index in [1.165, 1.54) is 12.8 Å². The van der Waals surface area contributed by atoms with E-state index >= 15 is 0 Å². The van der Waals surface area contributed by atoms with E-state index in [1.807, 2.05) is 0 Å². The first kappa shape index (κ1) is 12.8. The number of hydrogen-bond donors (Lipinski definition) is 1. The fraction of sp³-hybridized carbons (Fsp3) is 0.846. The molecule has 1 aliphatic carbocycles. The second-order valence-electron chi connectivity index (χ2n) is 6.12. The molecule has 86 valence electrons. The molecule has 0 unspecified atom stereocenters. The highest BCUT2D eigenvalue weighted by atomic mass is 28.3. The number of aliphatic hydroxyl groups excluding tert-OH is 1. The minimum Gasteiger partial charge on any atom is -0.392 e. The molecular formula is C13H24OSi. The summed E-state index contributed by atoms with van der Waals surface area (Å²) in [5, 5.41) is 10.1. The molecule has 1 nitrogen and oxygen atoms in total. The van der Waals surface area contributed by atoms with Gasteiger partial charge in [0, 0.05) is 5.92 Å². The molecule has 0 aromatic heterocycles. The van der Waals surface area contributed by atoms with Crippen LogP contribution < -0.4 is 0 Å². The van der Waals surface area contributed by atoms with E-state index in [9.17, 15) is 5.11 Å². The molecular weight excluding hydrogens is 200 g/mol. The Kier molecular flexibility index (Phi) is 4.03. The lowest BCUT2D eigenvalue weighted by molar-refractivity contribution is 0.0792. The van der Waals surface area contributed by atoms with E-state index in [1.54, 1.807) is 0 Å². The second kappa shape index (κ2) is 4.72. The Hall–Kier alpha value is -0.263. The minimum atomic E-state index is -1.29. The van der Waals surface area contributed by atoms with Crippen LogP contribution in [0.4, 0.5) is 0 Å². The Labute approximate surface area is 95.3 Å². The van der Waals surface area contributed by atoms with Gasteiger partial charge >= 0.3 is 0 Å². The first-order valence-corrected chi connectivity index (χ1v) is 9.52. The number of rotatable bonds is 3. The average Bonchev–Trinajstić information content (AvgIpc) is 2.85. The summed E-state index contributed by atoms with van der Waals surface area (Å²) in [6, 6.07) is 0. The highest BCUT2D eigenvalue weighted by Gasteiger charge is 2.36. The summed E-state index contributed by atoms with van der Waals surface area (Å²) in [6.07, 6.45) is 2.28. The lowest BCUT2D eigenvalue weighted by atomic mass is 9.90. The van der Waals surface area contributed by atoms with E-state index in [4.69, 9.17) is 0 Å². The fourth-order valence-electron chi connectivity index (χ4n) is 1.65. The quantitative estimate of drug-likeness (QED) is 0.577. The van der Waals surface area contributed by atoms with Gasteiger partial charge in [-0.05, 0) is 24.7 Å². The molecule has 1 saturated carbocycles. The van der Waals surface area contributed by atoms with Crippen LogP contribution in [0.1, 0.15) is 26.7 Å². The van der Waals surface area contributed by atoms with Crippen molar-refractivity contribution in [2.75, 3.05) is 0 Å². The van der Waals surface area contributed by atoms with Crippen molar-refractivity contribution in [3.05, 3.63) is 0 Å². The monoisotopic (exact) mass is 224 g/mol. The summed E-state index contributed by atoms with van der Waals surface area (Å²) in [4.78, 5) is 0. The zero-order valence-electron chi connectivity index (χ0n) is 10.7. The Morgan fingerprint density at radius 1 is 1.20 bits per heavy atom. The Bertz CT molecular complexity index is 262. The van der Waals surface area contributed by atoms with Crippen LogP contribution in [-0.2, 0) is 0 Å². The lowest BCUT2D eigenvalue weighted by Crippen LogP contribution is -2.27. The van der Waals surface area contributed by atoms with Gasteiger partial charge in [-0.1, -0.05) is 33.5 Å². The van der Waals surface area contributed by atoms with Crippen molar-refractivity contribution in [2.45, 2.75) is 52.4 Å². The van der Waals surface area contributed by atoms with Crippen molar-refractivity contribution < 1.29 is 5.11 Å². The van der Waals surface area contributed by atoms with Crippen molar-refractivity contribution in [1.29, 1.82) is 0 Å². The van der Waals surface area contributed by atoms with Crippen LogP contribution in [0.15, 0.2) is 0 Å². The maximum Gasteiger partial charge on any atom is 0.129 e. The van der Waals surface area contributed by atoms with Gasteiger partial charge in [0.1, 0.15) is 8.07 Å². The van der Waals surface area contributed by atoms with Crippen molar-refractivity contribution in [3.63, 3.8) is 0 Å². The Morgan fingerprint density at radius 2 is 1.73 bits per heavy atom. The summed E-state index contributed by atoms with van der Waals surface area (Å²) in [6.45, 7) is 10.9. The maximum absolute atomic E-state index is 10.1. The van der Waals surface area contributed by atoms with Crippen LogP contribution >= 0.6 is 0 Å². The average molecular weight is 224 g/mol. The van der Waals surface area contributed by atoms with Crippen molar-refractivity contribution in [3.8, 4) is 11.5 Å². The first-order valence-electron chi connectivity index (χ1n) is 6.02. The fourth-order valence-corrected chi connectivity index (χ4v) is 2.25. The summed E-state index contributed by atoms with van der Waals surface area (Å²) < 4.78 is 0. The largest absolute Gasteiger partial charge is 0.392 e. The second-order valence-corrected chi connectivity index (χ2v) is 10.9. The Morgan fingerprint density at radius 3 is 2.07 bits per heavy atom. The van der Waals surface area contributed by atoms with Crippen LogP contribution in [-0.4, -0.2) is 19.3 Å². The molecule has 0 amide bonds. The number of hydrogen-bond acceptors (Lipinski definition) is 1. The molecule has 0 saturated heterocycles. The third kappa shape index (κ3) is 4.40. The molecule has 1 fully saturated rings. The van der Waals surface area contributed by atoms with Gasteiger partial charge in [0.2, 0.25) is 0 Å². The van der Waals surface area contributed by atoms with E-state index in [2.05, 4.69) is 45.0 Å². The van der Waals surface area contributed by atoms with Crippen LogP contribution in [0.3, 0.4) is 0 Å². The lowest BCUT2D eigenvalue weighted by Gasteiger charge is -2.21. The molecule has 0 spiro atoms. The van der Waals surface area contributed by atoms with Crippen molar-refractivity contribution in [2.24, 2.45) is 17.8 Å². The zero-order chi connectivity index (χ0) is 11.6. The minimum absolute atomic E-state index is 0.233. The highest BCUT2D eigenvalue weighted by Crippen LogP contribution is 2.39. The summed E-state index contributed by atoms with van der Waals surface area (Å²) in [5.41, 5.74) is 3.41. The van der Waals surface area contributed by atoms with Gasteiger partial charge in [0.25, 0.3) is 0 Å². The molecule has 15 heavy (non-hydrogen) atoms. The van der Waals surface area contributed by atoms with Crippen LogP contribution in [0, 0.1) is 29.2 Å². The van der Waals surface area contributed by atoms with E-state index in [-0.39, 0.29) is 12.0 Å². The van der Waals surface area contributed by atoms with E-state index in [0.717, 1.165) is 0 Å². The number of aliphatic hydroxyl groups is 1. The molecule has 0 aliphatic heterocycles. The van der Waals surface area contributed by atoms with Crippen molar-refractivity contribution in [1.82, 2.24) is 0 Å². The summed E-state index contributed by atoms with van der Waals surface area (Å²) >= 11 is 0. The molecule has 0 aromatic rings. The third-order valence-electron chi connectivity index (χ3n) is 2.79. The predicted molar refractivity (Wildman–Crippen MR) is 68.2 cm³/mol. The molecule has 0 bridgehead atoms. The van der Waals surface area contributed by atoms with Gasteiger partial charge < -0.3 is 5.11 Å². The van der Waals surface area contributed by atoms with Gasteiger partial charge in [-0.25, -0.2) is 0 Å². The van der Waals surface area contributed by atoms with Crippen LogP contribution in [0.2, 0.25) is 19.6 Å². The normalized spacial score (nSPS) is 20.7. The van der Waals surface area contributed by atoms with Gasteiger partial charge in [-0.2, -0.15) is 0 Å². The van der Waals surface area contributed by atoms with Gasteiger partial charge in [0.05, 0.1) is 6.10 Å². The van der Waals surface area contributed by atoms with Gasteiger partial charge in [0.15, 0.2) is 0 Å². The molecule has 1 aliphatic rings. The zero-order valence-corrected chi connectivity index (χ0v) is 11.7. The Balaban J connectivity index is 2.69. The molecule has 0 heterocycles. The predicted octanol–water partition coefficient (Wildman–Crippen LogP) is 2.91. The van der Waals surface area contributed by atoms with E-state index < -0.39 is 8.07 Å². The highest BCUT2D eigenvalue weighted by molar-refractivity contribution is 6.83. The van der Waals surface area contributed by atoms with Crippen LogP contribution in [0.25, 0.3) is 0 Å². The van der Waals surface area contributed by atoms with Crippen molar-refractivity contribution >= 4 is 8.07 Å². The first-order chi connectivity index (χ1) is 6.81. The summed E-state index contributed by atoms with van der Waals surface area (Å²) in [7, 11) is -1.29. The molecule has 1 N–H and O–H groups in total. The third-order valence-corrected chi connectivity index (χ3v) is 3.69. The molecule has 1 rings (SSSR count). The van der Waals surface area contributed by atoms with E-state index in [0.29, 0.717) is 11.8 Å². The maximum atomic E-state index is 10.1. The topological polar surface area (TPSA) is 20.2 Å². The SMILES string of the molecule is CC(C)[C@H](O)[C@@H](C#C[Si](C)(C)C)C1CC1. The molecule has 0 radical (unpaired) electrons. The van der Waals surface area contributed by atoms with Crippen LogP contribution in [0.5, 0.6) is 0 Å². The van der Waals surface area contributed by atoms with Gasteiger partial charge in [-0.3, -0.25) is 0 Å². The molecule has 2 heteroatoms.